The highest BCUT2D eigenvalue weighted by molar-refractivity contribution is 9.10. The molecule has 3 aromatic rings. The predicted octanol–water partition coefficient (Wildman–Crippen LogP) is 6.08. The number of thiophene rings is 2. The highest BCUT2D eigenvalue weighted by atomic mass is 79.9. The van der Waals surface area contributed by atoms with Crippen molar-refractivity contribution in [2.75, 3.05) is 5.32 Å². The number of hydrogen-bond acceptors (Lipinski definition) is 3. The molecule has 0 bridgehead atoms. The quantitative estimate of drug-likeness (QED) is 0.591. The summed E-state index contributed by atoms with van der Waals surface area (Å²) in [6.45, 7) is 2.11. The van der Waals surface area contributed by atoms with Crippen molar-refractivity contribution >= 4 is 44.3 Å². The fourth-order valence-corrected chi connectivity index (χ4v) is 4.15. The van der Waals surface area contributed by atoms with E-state index in [1.807, 2.05) is 0 Å². The Balaban J connectivity index is 1.97. The van der Waals surface area contributed by atoms with Crippen LogP contribution in [0.2, 0.25) is 0 Å². The average Bonchev–Trinajstić information content (AvgIpc) is 3.13. The first-order chi connectivity index (χ1) is 9.75. The van der Waals surface area contributed by atoms with Gasteiger partial charge in [-0.15, -0.1) is 22.7 Å². The monoisotopic (exact) mass is 363 g/mol. The van der Waals surface area contributed by atoms with Crippen LogP contribution in [-0.2, 0) is 0 Å². The van der Waals surface area contributed by atoms with Crippen LogP contribution in [0.3, 0.4) is 0 Å². The fourth-order valence-electron chi connectivity index (χ4n) is 2.11. The maximum absolute atomic E-state index is 3.68. The summed E-state index contributed by atoms with van der Waals surface area (Å²) in [5.41, 5.74) is 2.38. The minimum absolute atomic E-state index is 0.216. The Morgan fingerprint density at radius 3 is 2.15 bits per heavy atom. The Kier molecular flexibility index (Phi) is 4.24. The largest absolute Gasteiger partial charge is 0.372 e. The molecule has 0 spiro atoms. The van der Waals surface area contributed by atoms with Crippen LogP contribution in [0.1, 0.15) is 21.4 Å². The molecule has 0 unspecified atom stereocenters. The van der Waals surface area contributed by atoms with Gasteiger partial charge >= 0.3 is 0 Å². The van der Waals surface area contributed by atoms with Crippen molar-refractivity contribution in [3.05, 3.63) is 73.0 Å². The van der Waals surface area contributed by atoms with Crippen LogP contribution < -0.4 is 5.32 Å². The third-order valence-corrected chi connectivity index (χ3v) is 6.07. The van der Waals surface area contributed by atoms with Gasteiger partial charge in [0, 0.05) is 19.9 Å². The lowest BCUT2D eigenvalue weighted by Crippen LogP contribution is -2.10. The van der Waals surface area contributed by atoms with Crippen LogP contribution >= 0.6 is 38.6 Å². The van der Waals surface area contributed by atoms with Crippen molar-refractivity contribution in [1.29, 1.82) is 0 Å². The third kappa shape index (κ3) is 2.82. The third-order valence-electron chi connectivity index (χ3n) is 3.15. The summed E-state index contributed by atoms with van der Waals surface area (Å²) in [7, 11) is 0. The molecule has 0 fully saturated rings. The molecule has 0 radical (unpaired) electrons. The van der Waals surface area contributed by atoms with Crippen molar-refractivity contribution in [2.45, 2.75) is 13.0 Å². The number of halogens is 1. The Hall–Kier alpha value is -1.10. The lowest BCUT2D eigenvalue weighted by Gasteiger charge is -2.19. The van der Waals surface area contributed by atoms with Crippen molar-refractivity contribution in [2.24, 2.45) is 0 Å². The molecule has 0 saturated heterocycles. The average molecular weight is 364 g/mol. The molecule has 3 rings (SSSR count). The summed E-state index contributed by atoms with van der Waals surface area (Å²) in [6, 6.07) is 15.1. The molecular weight excluding hydrogens is 350 g/mol. The number of benzene rings is 1. The summed E-state index contributed by atoms with van der Waals surface area (Å²) in [6.07, 6.45) is 0. The first kappa shape index (κ1) is 13.9. The molecule has 2 heterocycles. The van der Waals surface area contributed by atoms with E-state index in [9.17, 15) is 0 Å². The number of nitrogens with one attached hydrogen (secondary N) is 1. The Morgan fingerprint density at radius 2 is 1.60 bits per heavy atom. The lowest BCUT2D eigenvalue weighted by molar-refractivity contribution is 0.990. The molecule has 0 saturated carbocycles. The highest BCUT2D eigenvalue weighted by Crippen LogP contribution is 2.35. The van der Waals surface area contributed by atoms with E-state index in [1.165, 1.54) is 15.3 Å². The van der Waals surface area contributed by atoms with Crippen LogP contribution in [0.15, 0.2) is 57.7 Å². The summed E-state index contributed by atoms with van der Waals surface area (Å²) >= 11 is 7.25. The van der Waals surface area contributed by atoms with Crippen molar-refractivity contribution in [1.82, 2.24) is 0 Å². The zero-order valence-corrected chi connectivity index (χ0v) is 14.2. The molecule has 0 aliphatic rings. The van der Waals surface area contributed by atoms with Gasteiger partial charge in [0.05, 0.1) is 6.04 Å². The van der Waals surface area contributed by atoms with Crippen LogP contribution in [0, 0.1) is 6.92 Å². The second-order valence-corrected chi connectivity index (χ2v) is 7.30. The molecule has 2 aromatic heterocycles. The molecule has 0 aliphatic carbocycles. The second kappa shape index (κ2) is 6.12. The fraction of sp³-hybridized carbons (Fsp3) is 0.125. The summed E-state index contributed by atoms with van der Waals surface area (Å²) in [4.78, 5) is 2.67. The van der Waals surface area contributed by atoms with Crippen molar-refractivity contribution in [3.63, 3.8) is 0 Å². The molecule has 20 heavy (non-hydrogen) atoms. The van der Waals surface area contributed by atoms with Crippen LogP contribution in [-0.4, -0.2) is 0 Å². The first-order valence-corrected chi connectivity index (χ1v) is 8.89. The Bertz CT molecular complexity index is 640. The first-order valence-electron chi connectivity index (χ1n) is 6.34. The van der Waals surface area contributed by atoms with Gasteiger partial charge in [-0.3, -0.25) is 0 Å². The van der Waals surface area contributed by atoms with Crippen molar-refractivity contribution < 1.29 is 0 Å². The van der Waals surface area contributed by atoms with E-state index >= 15 is 0 Å². The van der Waals surface area contributed by atoms with E-state index in [0.717, 1.165) is 10.2 Å². The van der Waals surface area contributed by atoms with E-state index in [2.05, 4.69) is 81.4 Å². The minimum atomic E-state index is 0.216. The Morgan fingerprint density at radius 1 is 0.950 bits per heavy atom. The molecule has 4 heteroatoms. The molecule has 0 amide bonds. The molecule has 1 nitrogen and oxygen atoms in total. The van der Waals surface area contributed by atoms with Gasteiger partial charge in [-0.25, -0.2) is 0 Å². The highest BCUT2D eigenvalue weighted by Gasteiger charge is 2.17. The van der Waals surface area contributed by atoms with E-state index in [-0.39, 0.29) is 6.04 Å². The summed E-state index contributed by atoms with van der Waals surface area (Å²) in [5.74, 6) is 0. The Labute approximate surface area is 135 Å². The smallest absolute Gasteiger partial charge is 0.0953 e. The van der Waals surface area contributed by atoms with Crippen molar-refractivity contribution in [3.8, 4) is 0 Å². The van der Waals surface area contributed by atoms with Gasteiger partial charge in [-0.1, -0.05) is 24.3 Å². The maximum atomic E-state index is 3.68. The summed E-state index contributed by atoms with van der Waals surface area (Å²) in [5, 5.41) is 7.92. The van der Waals surface area contributed by atoms with Gasteiger partial charge in [-0.05, 0) is 57.4 Å². The van der Waals surface area contributed by atoms with Crippen LogP contribution in [0.25, 0.3) is 0 Å². The van der Waals surface area contributed by atoms with E-state index in [0.29, 0.717) is 0 Å². The van der Waals surface area contributed by atoms with Crippen LogP contribution in [0.4, 0.5) is 5.69 Å². The van der Waals surface area contributed by atoms with Gasteiger partial charge < -0.3 is 5.32 Å². The minimum Gasteiger partial charge on any atom is -0.372 e. The molecule has 1 aromatic carbocycles. The molecule has 0 atom stereocenters. The van der Waals surface area contributed by atoms with E-state index in [4.69, 9.17) is 0 Å². The van der Waals surface area contributed by atoms with E-state index in [1.54, 1.807) is 22.7 Å². The maximum Gasteiger partial charge on any atom is 0.0953 e. The van der Waals surface area contributed by atoms with Gasteiger partial charge in [0.2, 0.25) is 0 Å². The zero-order chi connectivity index (χ0) is 13.9. The van der Waals surface area contributed by atoms with E-state index < -0.39 is 0 Å². The van der Waals surface area contributed by atoms with Gasteiger partial charge in [0.1, 0.15) is 0 Å². The van der Waals surface area contributed by atoms with Gasteiger partial charge in [-0.2, -0.15) is 0 Å². The molecular formula is C16H14BrNS2. The number of rotatable bonds is 4. The standard InChI is InChI=1S/C16H14BrNS2/c1-11-5-2-6-12(15(11)17)18-16(13-7-3-9-19-13)14-8-4-10-20-14/h2-10,16,18H,1H3. The van der Waals surface area contributed by atoms with Crippen LogP contribution in [0.5, 0.6) is 0 Å². The molecule has 1 N–H and O–H groups in total. The van der Waals surface area contributed by atoms with Gasteiger partial charge in [0.15, 0.2) is 0 Å². The number of anilines is 1. The van der Waals surface area contributed by atoms with Gasteiger partial charge in [0.25, 0.3) is 0 Å². The second-order valence-electron chi connectivity index (χ2n) is 4.54. The zero-order valence-electron chi connectivity index (χ0n) is 11.0. The number of hydrogen-bond donors (Lipinski definition) is 1. The predicted molar refractivity (Wildman–Crippen MR) is 93.0 cm³/mol. The normalized spacial score (nSPS) is 10.9. The SMILES string of the molecule is Cc1cccc(NC(c2cccs2)c2cccs2)c1Br. The molecule has 102 valence electrons. The lowest BCUT2D eigenvalue weighted by atomic mass is 10.1. The number of aryl methyl sites for hydroxylation is 1. The molecule has 0 aliphatic heterocycles. The topological polar surface area (TPSA) is 12.0 Å². The summed E-state index contributed by atoms with van der Waals surface area (Å²) < 4.78 is 1.14.